The molecule has 1 heterocycles. The highest BCUT2D eigenvalue weighted by molar-refractivity contribution is 5.83. The third-order valence-electron chi connectivity index (χ3n) is 3.14. The topological polar surface area (TPSA) is 27.8 Å². The summed E-state index contributed by atoms with van der Waals surface area (Å²) in [7, 11) is 0. The lowest BCUT2D eigenvalue weighted by Crippen LogP contribution is -2.40. The van der Waals surface area contributed by atoms with Gasteiger partial charge < -0.3 is 10.3 Å². The molecule has 1 aromatic heterocycles. The lowest BCUT2D eigenvalue weighted by molar-refractivity contribution is 0.197. The second kappa shape index (κ2) is 5.70. The van der Waals surface area contributed by atoms with Crippen molar-refractivity contribution in [3.05, 3.63) is 36.0 Å². The van der Waals surface area contributed by atoms with Crippen molar-refractivity contribution in [3.63, 3.8) is 0 Å². The van der Waals surface area contributed by atoms with Gasteiger partial charge in [0.25, 0.3) is 0 Å². The number of rotatable bonds is 6. The van der Waals surface area contributed by atoms with Crippen molar-refractivity contribution in [1.82, 2.24) is 10.3 Å². The van der Waals surface area contributed by atoms with Crippen LogP contribution in [0.4, 0.5) is 8.78 Å². The number of para-hydroxylation sites is 1. The van der Waals surface area contributed by atoms with E-state index in [2.05, 4.69) is 10.3 Å². The van der Waals surface area contributed by atoms with Crippen molar-refractivity contribution in [2.75, 3.05) is 13.2 Å². The standard InChI is InChI=1S/C15H20F2N2/c1-15(2,17)10-19-12(8-16)7-11-9-18-14-6-4-3-5-13(11)14/h3-6,9,12,18-19H,7-8,10H2,1-2H3/t12-/m0/s1. The largest absolute Gasteiger partial charge is 0.361 e. The van der Waals surface area contributed by atoms with Gasteiger partial charge in [-0.25, -0.2) is 8.78 Å². The summed E-state index contributed by atoms with van der Waals surface area (Å²) in [6, 6.07) is 7.56. The monoisotopic (exact) mass is 266 g/mol. The summed E-state index contributed by atoms with van der Waals surface area (Å²) < 4.78 is 26.5. The van der Waals surface area contributed by atoms with Crippen LogP contribution in [0.3, 0.4) is 0 Å². The van der Waals surface area contributed by atoms with Crippen LogP contribution in [-0.4, -0.2) is 29.9 Å². The molecular weight excluding hydrogens is 246 g/mol. The predicted molar refractivity (Wildman–Crippen MR) is 75.0 cm³/mol. The highest BCUT2D eigenvalue weighted by atomic mass is 19.1. The van der Waals surface area contributed by atoms with Crippen LogP contribution in [0.1, 0.15) is 19.4 Å². The molecule has 104 valence electrons. The maximum absolute atomic E-state index is 13.4. The Morgan fingerprint density at radius 2 is 2.05 bits per heavy atom. The number of halogens is 2. The Kier molecular flexibility index (Phi) is 4.20. The normalized spacial score (nSPS) is 13.9. The van der Waals surface area contributed by atoms with E-state index in [-0.39, 0.29) is 12.6 Å². The summed E-state index contributed by atoms with van der Waals surface area (Å²) >= 11 is 0. The van der Waals surface area contributed by atoms with Crippen molar-refractivity contribution in [1.29, 1.82) is 0 Å². The Hall–Kier alpha value is -1.42. The Balaban J connectivity index is 2.06. The molecule has 0 radical (unpaired) electrons. The zero-order valence-corrected chi connectivity index (χ0v) is 11.3. The number of nitrogens with one attached hydrogen (secondary N) is 2. The maximum Gasteiger partial charge on any atom is 0.117 e. The number of aromatic nitrogens is 1. The Bertz CT molecular complexity index is 528. The first-order valence-corrected chi connectivity index (χ1v) is 6.53. The molecular formula is C15H20F2N2. The van der Waals surface area contributed by atoms with Crippen LogP contribution >= 0.6 is 0 Å². The third kappa shape index (κ3) is 3.77. The van der Waals surface area contributed by atoms with Crippen molar-refractivity contribution < 1.29 is 8.78 Å². The maximum atomic E-state index is 13.4. The average molecular weight is 266 g/mol. The molecule has 4 heteroatoms. The van der Waals surface area contributed by atoms with E-state index in [1.54, 1.807) is 0 Å². The van der Waals surface area contributed by atoms with Gasteiger partial charge in [0.1, 0.15) is 12.3 Å². The Labute approximate surface area is 112 Å². The van der Waals surface area contributed by atoms with Gasteiger partial charge in [-0.2, -0.15) is 0 Å². The number of H-pyrrole nitrogens is 1. The van der Waals surface area contributed by atoms with Crippen LogP contribution in [0.15, 0.2) is 30.5 Å². The van der Waals surface area contributed by atoms with Crippen molar-refractivity contribution in [3.8, 4) is 0 Å². The average Bonchev–Trinajstić information content (AvgIpc) is 2.77. The Morgan fingerprint density at radius 3 is 2.74 bits per heavy atom. The van der Waals surface area contributed by atoms with Crippen molar-refractivity contribution in [2.24, 2.45) is 0 Å². The van der Waals surface area contributed by atoms with E-state index in [9.17, 15) is 8.78 Å². The van der Waals surface area contributed by atoms with Crippen LogP contribution in [0.25, 0.3) is 10.9 Å². The first-order chi connectivity index (χ1) is 8.99. The third-order valence-corrected chi connectivity index (χ3v) is 3.14. The molecule has 2 aromatic rings. The number of fused-ring (bicyclic) bond motifs is 1. The molecule has 0 bridgehead atoms. The first-order valence-electron chi connectivity index (χ1n) is 6.53. The second-order valence-corrected chi connectivity index (χ2v) is 5.51. The minimum Gasteiger partial charge on any atom is -0.361 e. The molecule has 2 rings (SSSR count). The zero-order valence-electron chi connectivity index (χ0n) is 11.3. The molecule has 0 aliphatic carbocycles. The molecule has 0 saturated heterocycles. The van der Waals surface area contributed by atoms with Crippen LogP contribution in [0.2, 0.25) is 0 Å². The van der Waals surface area contributed by atoms with Gasteiger partial charge in [-0.3, -0.25) is 0 Å². The van der Waals surface area contributed by atoms with E-state index < -0.39 is 12.3 Å². The van der Waals surface area contributed by atoms with Gasteiger partial charge in [-0.05, 0) is 31.9 Å². The molecule has 0 aliphatic heterocycles. The lowest BCUT2D eigenvalue weighted by Gasteiger charge is -2.20. The van der Waals surface area contributed by atoms with Gasteiger partial charge in [-0.15, -0.1) is 0 Å². The zero-order chi connectivity index (χ0) is 13.9. The summed E-state index contributed by atoms with van der Waals surface area (Å²) in [5, 5.41) is 4.05. The fourth-order valence-corrected chi connectivity index (χ4v) is 2.13. The summed E-state index contributed by atoms with van der Waals surface area (Å²) in [4.78, 5) is 3.17. The van der Waals surface area contributed by atoms with Gasteiger partial charge in [-0.1, -0.05) is 18.2 Å². The molecule has 0 fully saturated rings. The molecule has 0 saturated carbocycles. The summed E-state index contributed by atoms with van der Waals surface area (Å²) in [5.74, 6) is 0. The van der Waals surface area contributed by atoms with Gasteiger partial charge in [0.2, 0.25) is 0 Å². The fraction of sp³-hybridized carbons (Fsp3) is 0.467. The molecule has 0 unspecified atom stereocenters. The molecule has 0 spiro atoms. The van der Waals surface area contributed by atoms with Crippen LogP contribution in [-0.2, 0) is 6.42 Å². The number of aromatic amines is 1. The first kappa shape index (κ1) is 14.0. The minimum absolute atomic E-state index is 0.157. The van der Waals surface area contributed by atoms with Gasteiger partial charge in [0, 0.05) is 29.7 Å². The summed E-state index contributed by atoms with van der Waals surface area (Å²) in [6.45, 7) is 2.63. The SMILES string of the molecule is CC(C)(F)CN[C@H](CF)Cc1c[nH]c2ccccc12. The van der Waals surface area contributed by atoms with Crippen LogP contribution in [0.5, 0.6) is 0 Å². The highest BCUT2D eigenvalue weighted by Crippen LogP contribution is 2.19. The van der Waals surface area contributed by atoms with E-state index >= 15 is 0 Å². The fourth-order valence-electron chi connectivity index (χ4n) is 2.13. The molecule has 1 atom stereocenters. The molecule has 0 amide bonds. The van der Waals surface area contributed by atoms with Crippen molar-refractivity contribution >= 4 is 10.9 Å². The van der Waals surface area contributed by atoms with E-state index in [1.165, 1.54) is 13.8 Å². The predicted octanol–water partition coefficient (Wildman–Crippen LogP) is 3.39. The van der Waals surface area contributed by atoms with Gasteiger partial charge in [0.05, 0.1) is 0 Å². The number of hydrogen-bond donors (Lipinski definition) is 2. The molecule has 0 aliphatic rings. The summed E-state index contributed by atoms with van der Waals surface area (Å²) in [5.41, 5.74) is 0.775. The van der Waals surface area contributed by atoms with Crippen LogP contribution in [0, 0.1) is 0 Å². The quantitative estimate of drug-likeness (QED) is 0.824. The van der Waals surface area contributed by atoms with E-state index in [1.807, 2.05) is 30.5 Å². The lowest BCUT2D eigenvalue weighted by atomic mass is 10.0. The van der Waals surface area contributed by atoms with Crippen LogP contribution < -0.4 is 5.32 Å². The molecule has 2 N–H and O–H groups in total. The van der Waals surface area contributed by atoms with Crippen molar-refractivity contribution in [2.45, 2.75) is 32.0 Å². The smallest absolute Gasteiger partial charge is 0.117 e. The van der Waals surface area contributed by atoms with E-state index in [0.29, 0.717) is 6.42 Å². The molecule has 2 nitrogen and oxygen atoms in total. The van der Waals surface area contributed by atoms with E-state index in [0.717, 1.165) is 16.5 Å². The second-order valence-electron chi connectivity index (χ2n) is 5.51. The van der Waals surface area contributed by atoms with Gasteiger partial charge in [0.15, 0.2) is 0 Å². The molecule has 19 heavy (non-hydrogen) atoms. The van der Waals surface area contributed by atoms with Gasteiger partial charge >= 0.3 is 0 Å². The number of benzene rings is 1. The van der Waals surface area contributed by atoms with E-state index in [4.69, 9.17) is 0 Å². The summed E-state index contributed by atoms with van der Waals surface area (Å²) in [6.07, 6.45) is 2.45. The highest BCUT2D eigenvalue weighted by Gasteiger charge is 2.19. The number of hydrogen-bond acceptors (Lipinski definition) is 1. The molecule has 1 aromatic carbocycles. The number of alkyl halides is 2. The minimum atomic E-state index is -1.33. The Morgan fingerprint density at radius 1 is 1.32 bits per heavy atom.